The normalized spacial score (nSPS) is 12.2. The van der Waals surface area contributed by atoms with Gasteiger partial charge in [-0.1, -0.05) is 6.07 Å². The fourth-order valence-electron chi connectivity index (χ4n) is 2.29. The maximum Gasteiger partial charge on any atom is 0.247 e. The monoisotopic (exact) mass is 340 g/mol. The molecule has 3 aromatic rings. The zero-order valence-electron chi connectivity index (χ0n) is 14.2. The van der Waals surface area contributed by atoms with E-state index in [1.807, 2.05) is 24.3 Å². The van der Waals surface area contributed by atoms with Crippen LogP contribution in [-0.2, 0) is 0 Å². The first-order valence-electron chi connectivity index (χ1n) is 7.78. The predicted molar refractivity (Wildman–Crippen MR) is 96.5 cm³/mol. The SMILES string of the molecule is COc1ccc(-c2nnc(C(C)Sc3ccc(C)c(C)c3)o2)cc1. The molecule has 1 unspecified atom stereocenters. The Hall–Kier alpha value is -2.27. The van der Waals surface area contributed by atoms with E-state index in [1.165, 1.54) is 16.0 Å². The first-order valence-corrected chi connectivity index (χ1v) is 8.66. The van der Waals surface area contributed by atoms with Gasteiger partial charge in [-0.3, -0.25) is 0 Å². The molecule has 1 aromatic heterocycles. The van der Waals surface area contributed by atoms with Crippen molar-refractivity contribution in [1.82, 2.24) is 10.2 Å². The molecule has 4 nitrogen and oxygen atoms in total. The molecule has 0 aliphatic heterocycles. The first kappa shape index (κ1) is 16.6. The van der Waals surface area contributed by atoms with E-state index in [0.717, 1.165) is 11.3 Å². The highest BCUT2D eigenvalue weighted by Gasteiger charge is 2.16. The summed E-state index contributed by atoms with van der Waals surface area (Å²) in [5.74, 6) is 1.96. The molecule has 1 atom stereocenters. The highest BCUT2D eigenvalue weighted by molar-refractivity contribution is 7.99. The molecular formula is C19H20N2O2S. The summed E-state index contributed by atoms with van der Waals surface area (Å²) < 4.78 is 11.0. The van der Waals surface area contributed by atoms with E-state index in [-0.39, 0.29) is 5.25 Å². The molecule has 0 fully saturated rings. The number of ether oxygens (including phenoxy) is 1. The quantitative estimate of drug-likeness (QED) is 0.596. The minimum Gasteiger partial charge on any atom is -0.497 e. The van der Waals surface area contributed by atoms with E-state index >= 15 is 0 Å². The average Bonchev–Trinajstić information content (AvgIpc) is 3.08. The minimum absolute atomic E-state index is 0.0894. The smallest absolute Gasteiger partial charge is 0.247 e. The van der Waals surface area contributed by atoms with Gasteiger partial charge in [-0.15, -0.1) is 22.0 Å². The summed E-state index contributed by atoms with van der Waals surface area (Å²) >= 11 is 1.72. The van der Waals surface area contributed by atoms with Crippen molar-refractivity contribution < 1.29 is 9.15 Å². The van der Waals surface area contributed by atoms with Gasteiger partial charge in [-0.25, -0.2) is 0 Å². The second kappa shape index (κ2) is 7.09. The molecule has 24 heavy (non-hydrogen) atoms. The molecule has 0 spiro atoms. The molecule has 124 valence electrons. The van der Waals surface area contributed by atoms with Crippen LogP contribution in [0.1, 0.15) is 29.2 Å². The van der Waals surface area contributed by atoms with Gasteiger partial charge in [-0.05, 0) is 68.3 Å². The lowest BCUT2D eigenvalue weighted by molar-refractivity contribution is 0.415. The zero-order chi connectivity index (χ0) is 17.1. The zero-order valence-corrected chi connectivity index (χ0v) is 15.1. The third kappa shape index (κ3) is 3.62. The van der Waals surface area contributed by atoms with Crippen molar-refractivity contribution in [3.8, 4) is 17.2 Å². The number of nitrogens with zero attached hydrogens (tertiary/aromatic N) is 2. The third-order valence-electron chi connectivity index (χ3n) is 3.92. The van der Waals surface area contributed by atoms with Crippen molar-refractivity contribution in [3.05, 3.63) is 59.5 Å². The van der Waals surface area contributed by atoms with Crippen LogP contribution < -0.4 is 4.74 Å². The van der Waals surface area contributed by atoms with Crippen molar-refractivity contribution in [2.75, 3.05) is 7.11 Å². The van der Waals surface area contributed by atoms with Crippen molar-refractivity contribution in [1.29, 1.82) is 0 Å². The Bertz CT molecular complexity index is 828. The van der Waals surface area contributed by atoms with Gasteiger partial charge in [0.05, 0.1) is 12.4 Å². The van der Waals surface area contributed by atoms with E-state index in [1.54, 1.807) is 18.9 Å². The van der Waals surface area contributed by atoms with Crippen molar-refractivity contribution in [2.24, 2.45) is 0 Å². The van der Waals surface area contributed by atoms with E-state index in [4.69, 9.17) is 9.15 Å². The maximum atomic E-state index is 5.85. The maximum absolute atomic E-state index is 5.85. The van der Waals surface area contributed by atoms with Crippen molar-refractivity contribution >= 4 is 11.8 Å². The van der Waals surface area contributed by atoms with Crippen LogP contribution in [0.2, 0.25) is 0 Å². The van der Waals surface area contributed by atoms with Crippen molar-refractivity contribution in [3.63, 3.8) is 0 Å². The number of aryl methyl sites for hydroxylation is 2. The second-order valence-electron chi connectivity index (χ2n) is 5.68. The molecule has 0 amide bonds. The number of hydrogen-bond acceptors (Lipinski definition) is 5. The molecule has 0 radical (unpaired) electrons. The van der Waals surface area contributed by atoms with Crippen LogP contribution in [-0.4, -0.2) is 17.3 Å². The molecule has 0 bridgehead atoms. The minimum atomic E-state index is 0.0894. The summed E-state index contributed by atoms with van der Waals surface area (Å²) in [7, 11) is 1.64. The number of hydrogen-bond donors (Lipinski definition) is 0. The number of aromatic nitrogens is 2. The van der Waals surface area contributed by atoms with E-state index in [2.05, 4.69) is 49.2 Å². The van der Waals surface area contributed by atoms with Crippen LogP contribution in [0.4, 0.5) is 0 Å². The van der Waals surface area contributed by atoms with E-state index in [9.17, 15) is 0 Å². The largest absolute Gasteiger partial charge is 0.497 e. The van der Waals surface area contributed by atoms with Gasteiger partial charge >= 0.3 is 0 Å². The van der Waals surface area contributed by atoms with Gasteiger partial charge in [0.2, 0.25) is 11.8 Å². The van der Waals surface area contributed by atoms with Crippen LogP contribution in [0.25, 0.3) is 11.5 Å². The molecule has 5 heteroatoms. The Morgan fingerprint density at radius 2 is 1.75 bits per heavy atom. The topological polar surface area (TPSA) is 48.2 Å². The van der Waals surface area contributed by atoms with Gasteiger partial charge < -0.3 is 9.15 Å². The number of benzene rings is 2. The summed E-state index contributed by atoms with van der Waals surface area (Å²) in [5, 5.41) is 8.46. The van der Waals surface area contributed by atoms with Gasteiger partial charge in [0.25, 0.3) is 0 Å². The molecule has 0 saturated carbocycles. The summed E-state index contributed by atoms with van der Waals surface area (Å²) in [4.78, 5) is 1.20. The van der Waals surface area contributed by atoms with E-state index < -0.39 is 0 Å². The fourth-order valence-corrected chi connectivity index (χ4v) is 3.29. The van der Waals surface area contributed by atoms with Crippen LogP contribution in [0.15, 0.2) is 51.8 Å². The number of methoxy groups -OCH3 is 1. The lowest BCUT2D eigenvalue weighted by atomic mass is 10.1. The molecule has 2 aromatic carbocycles. The summed E-state index contributed by atoms with van der Waals surface area (Å²) in [6.07, 6.45) is 0. The van der Waals surface area contributed by atoms with Crippen LogP contribution in [0.3, 0.4) is 0 Å². The standard InChI is InChI=1S/C19H20N2O2S/c1-12-5-10-17(11-13(12)2)24-14(3)18-20-21-19(23-18)15-6-8-16(22-4)9-7-15/h5-11,14H,1-4H3. The Kier molecular flexibility index (Phi) is 4.90. The van der Waals surface area contributed by atoms with Crippen LogP contribution in [0, 0.1) is 13.8 Å². The third-order valence-corrected chi connectivity index (χ3v) is 5.00. The average molecular weight is 340 g/mol. The second-order valence-corrected chi connectivity index (χ2v) is 7.09. The summed E-state index contributed by atoms with van der Waals surface area (Å²) in [5.41, 5.74) is 3.47. The number of rotatable bonds is 5. The predicted octanol–water partition coefficient (Wildman–Crippen LogP) is 5.22. The van der Waals surface area contributed by atoms with Crippen LogP contribution >= 0.6 is 11.8 Å². The Labute approximate surface area is 146 Å². The van der Waals surface area contributed by atoms with Gasteiger partial charge in [0, 0.05) is 10.5 Å². The highest BCUT2D eigenvalue weighted by atomic mass is 32.2. The number of thioether (sulfide) groups is 1. The molecule has 1 heterocycles. The molecule has 0 aliphatic rings. The summed E-state index contributed by atoms with van der Waals surface area (Å²) in [6.45, 7) is 6.32. The summed E-state index contributed by atoms with van der Waals surface area (Å²) in [6, 6.07) is 14.1. The van der Waals surface area contributed by atoms with Crippen molar-refractivity contribution in [2.45, 2.75) is 30.9 Å². The van der Waals surface area contributed by atoms with Gasteiger partial charge in [0.1, 0.15) is 5.75 Å². The van der Waals surface area contributed by atoms with Gasteiger partial charge in [0.15, 0.2) is 0 Å². The van der Waals surface area contributed by atoms with Crippen LogP contribution in [0.5, 0.6) is 5.75 Å². The first-order chi connectivity index (χ1) is 11.6. The molecule has 3 rings (SSSR count). The lowest BCUT2D eigenvalue weighted by Crippen LogP contribution is -1.89. The Balaban J connectivity index is 1.75. The van der Waals surface area contributed by atoms with E-state index in [0.29, 0.717) is 11.8 Å². The molecule has 0 saturated heterocycles. The molecule has 0 aliphatic carbocycles. The fraction of sp³-hybridized carbons (Fsp3) is 0.263. The lowest BCUT2D eigenvalue weighted by Gasteiger charge is -2.08. The van der Waals surface area contributed by atoms with Gasteiger partial charge in [-0.2, -0.15) is 0 Å². The molecule has 0 N–H and O–H groups in total. The highest BCUT2D eigenvalue weighted by Crippen LogP contribution is 2.35. The Morgan fingerprint density at radius 1 is 1.00 bits per heavy atom. The Morgan fingerprint density at radius 3 is 2.42 bits per heavy atom. The molecular weight excluding hydrogens is 320 g/mol.